The number of fused-ring (bicyclic) bond motifs is 3. The minimum atomic E-state index is -0.666. The maximum atomic E-state index is 11.6. The molecule has 2 saturated carbocycles. The van der Waals surface area contributed by atoms with Crippen LogP contribution in [-0.4, -0.2) is 54.6 Å². The third-order valence-electron chi connectivity index (χ3n) is 8.63. The summed E-state index contributed by atoms with van der Waals surface area (Å²) < 4.78 is 1.90. The highest BCUT2D eigenvalue weighted by molar-refractivity contribution is 5.82. The summed E-state index contributed by atoms with van der Waals surface area (Å²) in [6.07, 6.45) is 6.50. The van der Waals surface area contributed by atoms with Gasteiger partial charge in [-0.1, -0.05) is 0 Å². The van der Waals surface area contributed by atoms with E-state index in [1.807, 2.05) is 30.8 Å². The van der Waals surface area contributed by atoms with E-state index in [1.54, 1.807) is 0 Å². The topological polar surface area (TPSA) is 104 Å². The van der Waals surface area contributed by atoms with E-state index >= 15 is 0 Å². The van der Waals surface area contributed by atoms with Crippen molar-refractivity contribution in [2.75, 3.05) is 18.0 Å². The van der Waals surface area contributed by atoms with Crippen LogP contribution in [0, 0.1) is 31.6 Å². The maximum Gasteiger partial charge on any atom is 0.307 e. The van der Waals surface area contributed by atoms with Gasteiger partial charge in [0.2, 0.25) is 0 Å². The van der Waals surface area contributed by atoms with E-state index in [4.69, 9.17) is 15.1 Å². The Kier molecular flexibility index (Phi) is 5.14. The van der Waals surface area contributed by atoms with E-state index in [2.05, 4.69) is 24.0 Å². The number of anilines is 1. The van der Waals surface area contributed by atoms with Crippen LogP contribution in [0.1, 0.15) is 61.9 Å². The number of carbonyl (C=O) groups is 1. The molecule has 0 amide bonds. The van der Waals surface area contributed by atoms with Crippen molar-refractivity contribution in [3.8, 4) is 5.82 Å². The Morgan fingerprint density at radius 1 is 1.06 bits per heavy atom. The third-order valence-corrected chi connectivity index (χ3v) is 8.63. The molecule has 2 aromatic heterocycles. The zero-order chi connectivity index (χ0) is 24.5. The van der Waals surface area contributed by atoms with Crippen molar-refractivity contribution < 1.29 is 15.0 Å². The summed E-state index contributed by atoms with van der Waals surface area (Å²) in [5.41, 5.74) is 3.07. The molecule has 8 heteroatoms. The van der Waals surface area contributed by atoms with Crippen molar-refractivity contribution in [2.45, 2.75) is 64.4 Å². The lowest BCUT2D eigenvalue weighted by Crippen LogP contribution is -2.58. The van der Waals surface area contributed by atoms with Crippen LogP contribution in [0.15, 0.2) is 24.4 Å². The monoisotopic (exact) mass is 475 g/mol. The summed E-state index contributed by atoms with van der Waals surface area (Å²) in [7, 11) is 0. The lowest BCUT2D eigenvalue weighted by atomic mass is 9.61. The van der Waals surface area contributed by atoms with E-state index < -0.39 is 11.6 Å². The number of hydrogen-bond donors (Lipinski definition) is 2. The van der Waals surface area contributed by atoms with Crippen molar-refractivity contribution in [1.29, 1.82) is 0 Å². The van der Waals surface area contributed by atoms with Crippen LogP contribution in [0.5, 0.6) is 0 Å². The molecule has 0 radical (unpaired) electrons. The largest absolute Gasteiger partial charge is 0.481 e. The molecule has 4 aliphatic rings. The van der Waals surface area contributed by atoms with Crippen molar-refractivity contribution >= 4 is 22.7 Å². The number of carboxylic acids is 1. The van der Waals surface area contributed by atoms with Crippen molar-refractivity contribution in [2.24, 2.45) is 17.8 Å². The molecule has 2 unspecified atom stereocenters. The first-order chi connectivity index (χ1) is 16.7. The normalized spacial score (nSPS) is 30.3. The Bertz CT molecular complexity index is 1290. The lowest BCUT2D eigenvalue weighted by molar-refractivity contribution is -0.153. The first-order valence-corrected chi connectivity index (χ1v) is 12.7. The van der Waals surface area contributed by atoms with Crippen LogP contribution in [-0.2, 0) is 4.79 Å². The molecular formula is C27H33N5O3. The van der Waals surface area contributed by atoms with Gasteiger partial charge in [-0.05, 0) is 93.9 Å². The summed E-state index contributed by atoms with van der Waals surface area (Å²) in [5, 5.41) is 25.7. The number of aliphatic carboxylic acids is 1. The van der Waals surface area contributed by atoms with E-state index in [9.17, 15) is 15.0 Å². The minimum Gasteiger partial charge on any atom is -0.481 e. The van der Waals surface area contributed by atoms with Crippen molar-refractivity contribution in [1.82, 2.24) is 19.7 Å². The van der Waals surface area contributed by atoms with Gasteiger partial charge in [0, 0.05) is 24.5 Å². The second-order valence-corrected chi connectivity index (χ2v) is 11.3. The second kappa shape index (κ2) is 8.01. The quantitative estimate of drug-likeness (QED) is 0.588. The summed E-state index contributed by atoms with van der Waals surface area (Å²) in [6.45, 7) is 7.44. The molecule has 2 aliphatic carbocycles. The summed E-state index contributed by atoms with van der Waals surface area (Å²) in [6, 6.07) is 6.45. The Balaban J connectivity index is 1.33. The number of aryl methyl sites for hydroxylation is 2. The second-order valence-electron chi connectivity index (χ2n) is 11.3. The molecule has 4 fully saturated rings. The SMILES string of the molecule is Cc1nc(N2CC3CC(C2)C3C(=O)O)cc(-n2ncc3cc(C)c([C@H]4CC[C@@](C)(O)CC4)cc32)n1. The average molecular weight is 476 g/mol. The lowest BCUT2D eigenvalue weighted by Gasteiger charge is -2.52. The molecule has 3 aromatic rings. The molecule has 35 heavy (non-hydrogen) atoms. The number of nitrogens with zero attached hydrogens (tertiary/aromatic N) is 5. The van der Waals surface area contributed by atoms with Crippen LogP contribution in [0.3, 0.4) is 0 Å². The highest BCUT2D eigenvalue weighted by atomic mass is 16.4. The van der Waals surface area contributed by atoms with Gasteiger partial charge in [0.25, 0.3) is 0 Å². The van der Waals surface area contributed by atoms with Gasteiger partial charge in [-0.2, -0.15) is 5.10 Å². The first-order valence-electron chi connectivity index (χ1n) is 12.7. The van der Waals surface area contributed by atoms with Crippen LogP contribution in [0.2, 0.25) is 0 Å². The fourth-order valence-electron chi connectivity index (χ4n) is 6.66. The Morgan fingerprint density at radius 2 is 1.74 bits per heavy atom. The Morgan fingerprint density at radius 3 is 2.43 bits per heavy atom. The van der Waals surface area contributed by atoms with Gasteiger partial charge >= 0.3 is 5.97 Å². The molecule has 2 N–H and O–H groups in total. The third kappa shape index (κ3) is 3.88. The summed E-state index contributed by atoms with van der Waals surface area (Å²) in [5.74, 6) is 2.20. The minimum absolute atomic E-state index is 0.192. The summed E-state index contributed by atoms with van der Waals surface area (Å²) >= 11 is 0. The van der Waals surface area contributed by atoms with Crippen molar-refractivity contribution in [3.63, 3.8) is 0 Å². The van der Waals surface area contributed by atoms with Gasteiger partial charge in [0.05, 0.1) is 23.2 Å². The Hall–Kier alpha value is -3.00. The molecule has 1 aromatic carbocycles. The van der Waals surface area contributed by atoms with Crippen LogP contribution < -0.4 is 4.90 Å². The molecule has 2 atom stereocenters. The van der Waals surface area contributed by atoms with Gasteiger partial charge in [-0.3, -0.25) is 4.79 Å². The molecule has 8 nitrogen and oxygen atoms in total. The maximum absolute atomic E-state index is 11.6. The number of aromatic nitrogens is 4. The molecule has 2 aliphatic heterocycles. The molecular weight excluding hydrogens is 442 g/mol. The molecule has 0 spiro atoms. The van der Waals surface area contributed by atoms with Gasteiger partial charge in [0.1, 0.15) is 11.6 Å². The molecule has 2 bridgehead atoms. The number of carboxylic acid groups (broad SMARTS) is 1. The number of benzene rings is 1. The highest BCUT2D eigenvalue weighted by Gasteiger charge is 2.50. The smallest absolute Gasteiger partial charge is 0.307 e. The number of piperidine rings is 2. The predicted octanol–water partition coefficient (Wildman–Crippen LogP) is 4.00. The van der Waals surface area contributed by atoms with Gasteiger partial charge < -0.3 is 15.1 Å². The molecule has 2 saturated heterocycles. The van der Waals surface area contributed by atoms with Gasteiger partial charge in [0.15, 0.2) is 5.82 Å². The zero-order valence-corrected chi connectivity index (χ0v) is 20.6. The zero-order valence-electron chi connectivity index (χ0n) is 20.6. The fraction of sp³-hybridized carbons (Fsp3) is 0.556. The fourth-order valence-corrected chi connectivity index (χ4v) is 6.66. The molecule has 184 valence electrons. The average Bonchev–Trinajstić information content (AvgIpc) is 3.20. The first kappa shape index (κ1) is 22.5. The molecule has 7 rings (SSSR count). The molecule has 4 heterocycles. The van der Waals surface area contributed by atoms with E-state index in [0.29, 0.717) is 11.7 Å². The Labute approximate surface area is 205 Å². The number of aliphatic hydroxyl groups is 1. The number of hydrogen-bond acceptors (Lipinski definition) is 6. The van der Waals surface area contributed by atoms with Gasteiger partial charge in [-0.15, -0.1) is 0 Å². The van der Waals surface area contributed by atoms with Crippen LogP contribution >= 0.6 is 0 Å². The van der Waals surface area contributed by atoms with Crippen LogP contribution in [0.25, 0.3) is 16.7 Å². The van der Waals surface area contributed by atoms with E-state index in [-0.39, 0.29) is 17.8 Å². The van der Waals surface area contributed by atoms with Crippen molar-refractivity contribution in [3.05, 3.63) is 41.3 Å². The standard InChI is InChI=1S/C27H33N5O3/c1-15-8-18-12-28-32(22(18)10-21(15)17-4-6-27(3,35)7-5-17)24-11-23(29-16(2)30-24)31-13-19-9-20(14-31)25(19)26(33)34/h8,10-12,17,19-20,25,35H,4-7,9,13-14H2,1-3H3,(H,33,34)/t17-,19?,20?,25?,27+. The van der Waals surface area contributed by atoms with E-state index in [0.717, 1.165) is 67.7 Å². The van der Waals surface area contributed by atoms with Gasteiger partial charge in [-0.25, -0.2) is 14.6 Å². The number of rotatable bonds is 4. The highest BCUT2D eigenvalue weighted by Crippen LogP contribution is 2.46. The summed E-state index contributed by atoms with van der Waals surface area (Å²) in [4.78, 5) is 23.2. The predicted molar refractivity (Wildman–Crippen MR) is 133 cm³/mol. The van der Waals surface area contributed by atoms with Crippen LogP contribution in [0.4, 0.5) is 5.82 Å². The van der Waals surface area contributed by atoms with E-state index in [1.165, 1.54) is 11.1 Å².